The number of nitrogens with one attached hydrogen (secondary N) is 2. The fourth-order valence-corrected chi connectivity index (χ4v) is 2.46. The molecule has 0 saturated heterocycles. The van der Waals surface area contributed by atoms with E-state index in [1.54, 1.807) is 12.1 Å². The Morgan fingerprint density at radius 1 is 0.917 bits per heavy atom. The maximum Gasteiger partial charge on any atom is 0.328 e. The smallest absolute Gasteiger partial charge is 0.328 e. The van der Waals surface area contributed by atoms with Gasteiger partial charge in [-0.1, -0.05) is 60.7 Å². The Kier molecular flexibility index (Phi) is 4.58. The van der Waals surface area contributed by atoms with Crippen molar-refractivity contribution >= 4 is 0 Å². The van der Waals surface area contributed by atoms with Crippen molar-refractivity contribution in [2.75, 3.05) is 0 Å². The van der Waals surface area contributed by atoms with Crippen molar-refractivity contribution in [3.05, 3.63) is 98.2 Å². The second-order valence-electron chi connectivity index (χ2n) is 5.26. The molecule has 1 aromatic heterocycles. The lowest BCUT2D eigenvalue weighted by atomic mass is 10.0. The van der Waals surface area contributed by atoms with Gasteiger partial charge in [0.1, 0.15) is 11.7 Å². The highest BCUT2D eigenvalue weighted by molar-refractivity contribution is 5.33. The van der Waals surface area contributed by atoms with Gasteiger partial charge >= 0.3 is 5.69 Å². The summed E-state index contributed by atoms with van der Waals surface area (Å²) in [6.07, 6.45) is -0.813. The standard InChI is InChI=1S/C18H16N2O4/c21-16-14(17(22)20-18(23)19-16)15(13-9-5-2-6-10-13)24-11-12-7-3-1-4-8-12/h1-10,15H,11H2,(H3,19,20,21,22,23). The van der Waals surface area contributed by atoms with Crippen molar-refractivity contribution in [2.24, 2.45) is 0 Å². The van der Waals surface area contributed by atoms with Crippen molar-refractivity contribution in [1.82, 2.24) is 9.97 Å². The zero-order valence-electron chi connectivity index (χ0n) is 12.7. The molecule has 0 fully saturated rings. The highest BCUT2D eigenvalue weighted by Crippen LogP contribution is 2.28. The van der Waals surface area contributed by atoms with E-state index in [1.165, 1.54) is 0 Å². The van der Waals surface area contributed by atoms with Crippen LogP contribution >= 0.6 is 0 Å². The molecule has 0 aliphatic heterocycles. The molecule has 1 heterocycles. The molecule has 1 unspecified atom stereocenters. The Bertz CT molecular complexity index is 917. The maximum atomic E-state index is 12.2. The summed E-state index contributed by atoms with van der Waals surface area (Å²) >= 11 is 0. The zero-order chi connectivity index (χ0) is 16.9. The molecule has 3 rings (SSSR count). The molecule has 0 spiro atoms. The van der Waals surface area contributed by atoms with Gasteiger partial charge in [0.05, 0.1) is 6.61 Å². The summed E-state index contributed by atoms with van der Waals surface area (Å²) in [7, 11) is 0. The molecule has 0 aliphatic rings. The van der Waals surface area contributed by atoms with Crippen LogP contribution in [0.2, 0.25) is 0 Å². The number of hydrogen-bond acceptors (Lipinski definition) is 4. The first kappa shape index (κ1) is 15.8. The quantitative estimate of drug-likeness (QED) is 0.669. The number of aromatic hydroxyl groups is 1. The first-order valence-corrected chi connectivity index (χ1v) is 7.41. The van der Waals surface area contributed by atoms with E-state index in [0.717, 1.165) is 5.56 Å². The summed E-state index contributed by atoms with van der Waals surface area (Å²) in [5.74, 6) is -0.495. The Balaban J connectivity index is 2.00. The lowest BCUT2D eigenvalue weighted by molar-refractivity contribution is 0.0637. The molecule has 3 aromatic rings. The van der Waals surface area contributed by atoms with Gasteiger partial charge in [0, 0.05) is 0 Å². The van der Waals surface area contributed by atoms with Gasteiger partial charge in [-0.2, -0.15) is 0 Å². The van der Waals surface area contributed by atoms with Gasteiger partial charge in [0.15, 0.2) is 0 Å². The van der Waals surface area contributed by atoms with Gasteiger partial charge in [0.25, 0.3) is 5.56 Å². The second kappa shape index (κ2) is 6.97. The zero-order valence-corrected chi connectivity index (χ0v) is 12.7. The van der Waals surface area contributed by atoms with Crippen molar-refractivity contribution in [3.63, 3.8) is 0 Å². The summed E-state index contributed by atoms with van der Waals surface area (Å²) in [5.41, 5.74) is 0.145. The van der Waals surface area contributed by atoms with Crippen LogP contribution in [-0.2, 0) is 11.3 Å². The highest BCUT2D eigenvalue weighted by atomic mass is 16.5. The Hall–Kier alpha value is -3.12. The predicted octanol–water partition coefficient (Wildman–Crippen LogP) is 2.07. The molecule has 1 atom stereocenters. The summed E-state index contributed by atoms with van der Waals surface area (Å²) in [4.78, 5) is 27.8. The van der Waals surface area contributed by atoms with Crippen LogP contribution in [0.15, 0.2) is 70.3 Å². The summed E-state index contributed by atoms with van der Waals surface area (Å²) in [5, 5.41) is 10.0. The number of aromatic amines is 2. The van der Waals surface area contributed by atoms with E-state index in [9.17, 15) is 14.7 Å². The van der Waals surface area contributed by atoms with E-state index in [2.05, 4.69) is 9.97 Å². The average molecular weight is 324 g/mol. The van der Waals surface area contributed by atoms with Gasteiger partial charge in [-0.05, 0) is 11.1 Å². The largest absolute Gasteiger partial charge is 0.494 e. The van der Waals surface area contributed by atoms with Crippen LogP contribution in [0.4, 0.5) is 0 Å². The first-order chi connectivity index (χ1) is 11.6. The third-order valence-electron chi connectivity index (χ3n) is 3.58. The topological polar surface area (TPSA) is 95.2 Å². The molecule has 6 nitrogen and oxygen atoms in total. The summed E-state index contributed by atoms with van der Waals surface area (Å²) in [6, 6.07) is 18.5. The molecular weight excluding hydrogens is 308 g/mol. The predicted molar refractivity (Wildman–Crippen MR) is 88.9 cm³/mol. The first-order valence-electron chi connectivity index (χ1n) is 7.41. The van der Waals surface area contributed by atoms with Gasteiger partial charge in [-0.15, -0.1) is 0 Å². The van der Waals surface area contributed by atoms with Crippen molar-refractivity contribution in [1.29, 1.82) is 0 Å². The Morgan fingerprint density at radius 3 is 2.17 bits per heavy atom. The molecule has 2 aromatic carbocycles. The van der Waals surface area contributed by atoms with Gasteiger partial charge in [-0.3, -0.25) is 14.8 Å². The minimum absolute atomic E-state index is 0.0308. The van der Waals surface area contributed by atoms with Crippen LogP contribution < -0.4 is 11.2 Å². The minimum atomic E-state index is -0.813. The van der Waals surface area contributed by atoms with Crippen molar-refractivity contribution in [3.8, 4) is 5.88 Å². The monoisotopic (exact) mass is 324 g/mol. The number of aromatic nitrogens is 2. The van der Waals surface area contributed by atoms with Gasteiger partial charge < -0.3 is 9.84 Å². The molecule has 24 heavy (non-hydrogen) atoms. The molecule has 0 saturated carbocycles. The molecule has 0 amide bonds. The normalized spacial score (nSPS) is 12.0. The van der Waals surface area contributed by atoms with Crippen molar-refractivity contribution < 1.29 is 9.84 Å². The van der Waals surface area contributed by atoms with E-state index < -0.39 is 23.2 Å². The van der Waals surface area contributed by atoms with Crippen LogP contribution in [0.5, 0.6) is 5.88 Å². The lowest BCUT2D eigenvalue weighted by Crippen LogP contribution is -2.28. The van der Waals surface area contributed by atoms with E-state index in [-0.39, 0.29) is 12.2 Å². The van der Waals surface area contributed by atoms with E-state index in [0.29, 0.717) is 5.56 Å². The van der Waals surface area contributed by atoms with E-state index in [1.807, 2.05) is 48.5 Å². The third kappa shape index (κ3) is 3.44. The molecule has 122 valence electrons. The maximum absolute atomic E-state index is 12.2. The van der Waals surface area contributed by atoms with Gasteiger partial charge in [0.2, 0.25) is 5.88 Å². The van der Waals surface area contributed by atoms with Crippen LogP contribution in [0.1, 0.15) is 22.8 Å². The Morgan fingerprint density at radius 2 is 1.54 bits per heavy atom. The number of rotatable bonds is 5. The molecule has 0 bridgehead atoms. The summed E-state index contributed by atoms with van der Waals surface area (Å²) in [6.45, 7) is 0.248. The second-order valence-corrected chi connectivity index (χ2v) is 5.26. The van der Waals surface area contributed by atoms with E-state index >= 15 is 0 Å². The van der Waals surface area contributed by atoms with Crippen LogP contribution in [0.25, 0.3) is 0 Å². The third-order valence-corrected chi connectivity index (χ3v) is 3.58. The van der Waals surface area contributed by atoms with E-state index in [4.69, 9.17) is 4.74 Å². The number of benzene rings is 2. The minimum Gasteiger partial charge on any atom is -0.494 e. The number of hydrogen-bond donors (Lipinski definition) is 3. The lowest BCUT2D eigenvalue weighted by Gasteiger charge is -2.18. The number of H-pyrrole nitrogens is 2. The molecule has 3 N–H and O–H groups in total. The van der Waals surface area contributed by atoms with Crippen LogP contribution in [-0.4, -0.2) is 15.1 Å². The SMILES string of the molecule is O=c1[nH]c(O)c(C(OCc2ccccc2)c2ccccc2)c(=O)[nH]1. The van der Waals surface area contributed by atoms with Crippen LogP contribution in [0.3, 0.4) is 0 Å². The van der Waals surface area contributed by atoms with Crippen molar-refractivity contribution in [2.45, 2.75) is 12.7 Å². The fourth-order valence-electron chi connectivity index (χ4n) is 2.46. The molecular formula is C18H16N2O4. The average Bonchev–Trinajstić information content (AvgIpc) is 2.58. The van der Waals surface area contributed by atoms with Crippen LogP contribution in [0, 0.1) is 0 Å². The fraction of sp³-hybridized carbons (Fsp3) is 0.111. The molecule has 6 heteroatoms. The van der Waals surface area contributed by atoms with Gasteiger partial charge in [-0.25, -0.2) is 4.79 Å². The summed E-state index contributed by atoms with van der Waals surface area (Å²) < 4.78 is 5.90. The molecule has 0 aliphatic carbocycles. The Labute approximate surface area is 137 Å². The number of ether oxygens (including phenoxy) is 1. The molecule has 0 radical (unpaired) electrons. The highest BCUT2D eigenvalue weighted by Gasteiger charge is 2.23.